The van der Waals surface area contributed by atoms with Gasteiger partial charge in [0.2, 0.25) is 0 Å². The SMILES string of the molecule is CC(=O)C1=C(C(C)=O)c2cccc3cccc1c23. The first kappa shape index (κ1) is 10.9. The Kier molecular flexibility index (Phi) is 2.20. The molecule has 0 aliphatic heterocycles. The van der Waals surface area contributed by atoms with E-state index in [2.05, 4.69) is 0 Å². The summed E-state index contributed by atoms with van der Waals surface area (Å²) in [5.41, 5.74) is 2.91. The molecule has 18 heavy (non-hydrogen) atoms. The fraction of sp³-hybridized carbons (Fsp3) is 0.125. The van der Waals surface area contributed by atoms with Crippen molar-refractivity contribution in [3.05, 3.63) is 47.5 Å². The summed E-state index contributed by atoms with van der Waals surface area (Å²) in [5, 5.41) is 2.09. The van der Waals surface area contributed by atoms with Gasteiger partial charge >= 0.3 is 0 Å². The molecular weight excluding hydrogens is 224 g/mol. The van der Waals surface area contributed by atoms with Crippen molar-refractivity contribution < 1.29 is 9.59 Å². The second-order valence-corrected chi connectivity index (χ2v) is 4.57. The van der Waals surface area contributed by atoms with Crippen molar-refractivity contribution in [2.45, 2.75) is 13.8 Å². The minimum atomic E-state index is -0.0519. The Balaban J connectivity index is 2.51. The van der Waals surface area contributed by atoms with E-state index in [4.69, 9.17) is 0 Å². The molecule has 0 spiro atoms. The average molecular weight is 236 g/mol. The summed E-state index contributed by atoms with van der Waals surface area (Å²) in [6.45, 7) is 3.03. The Morgan fingerprint density at radius 1 is 0.778 bits per heavy atom. The summed E-state index contributed by atoms with van der Waals surface area (Å²) < 4.78 is 0. The standard InChI is InChI=1S/C16H12O2/c1-9(17)14-12-7-3-5-11-6-4-8-13(16(11)12)15(14)10(2)18/h3-8H,1-2H3. The monoisotopic (exact) mass is 236 g/mol. The van der Waals surface area contributed by atoms with Crippen LogP contribution in [0.4, 0.5) is 0 Å². The largest absolute Gasteiger partial charge is 0.294 e. The molecular formula is C16H12O2. The van der Waals surface area contributed by atoms with Crippen molar-refractivity contribution in [2.24, 2.45) is 0 Å². The van der Waals surface area contributed by atoms with E-state index >= 15 is 0 Å². The zero-order chi connectivity index (χ0) is 12.9. The number of benzene rings is 2. The van der Waals surface area contributed by atoms with Crippen LogP contribution in [0, 0.1) is 0 Å². The van der Waals surface area contributed by atoms with Crippen LogP contribution in [0.15, 0.2) is 36.4 Å². The summed E-state index contributed by atoms with van der Waals surface area (Å²) in [5.74, 6) is -0.104. The maximum Gasteiger partial charge on any atom is 0.161 e. The molecule has 1 aliphatic carbocycles. The first-order chi connectivity index (χ1) is 8.61. The summed E-state index contributed by atoms with van der Waals surface area (Å²) in [6, 6.07) is 11.7. The lowest BCUT2D eigenvalue weighted by molar-refractivity contribution is -0.113. The predicted octanol–water partition coefficient (Wildman–Crippen LogP) is 3.24. The van der Waals surface area contributed by atoms with E-state index < -0.39 is 0 Å². The maximum absolute atomic E-state index is 11.9. The normalized spacial score (nSPS) is 13.2. The highest BCUT2D eigenvalue weighted by Crippen LogP contribution is 2.42. The lowest BCUT2D eigenvalue weighted by Crippen LogP contribution is -2.01. The van der Waals surface area contributed by atoms with Crippen molar-refractivity contribution in [3.63, 3.8) is 0 Å². The molecule has 0 bridgehead atoms. The number of carbonyl (C=O) groups excluding carboxylic acids is 2. The van der Waals surface area contributed by atoms with E-state index in [1.807, 2.05) is 36.4 Å². The molecule has 2 heteroatoms. The van der Waals surface area contributed by atoms with Gasteiger partial charge in [-0.2, -0.15) is 0 Å². The van der Waals surface area contributed by atoms with Crippen LogP contribution in [0.2, 0.25) is 0 Å². The van der Waals surface area contributed by atoms with Gasteiger partial charge in [-0.3, -0.25) is 9.59 Å². The minimum Gasteiger partial charge on any atom is -0.294 e. The molecule has 0 unspecified atom stereocenters. The highest BCUT2D eigenvalue weighted by Gasteiger charge is 2.28. The van der Waals surface area contributed by atoms with Crippen LogP contribution >= 0.6 is 0 Å². The van der Waals surface area contributed by atoms with E-state index in [9.17, 15) is 9.59 Å². The summed E-state index contributed by atoms with van der Waals surface area (Å²) in [7, 11) is 0. The molecule has 0 amide bonds. The van der Waals surface area contributed by atoms with E-state index in [1.54, 1.807) is 0 Å². The molecule has 3 rings (SSSR count). The van der Waals surface area contributed by atoms with Crippen LogP contribution in [-0.2, 0) is 9.59 Å². The second kappa shape index (κ2) is 3.64. The van der Waals surface area contributed by atoms with Crippen molar-refractivity contribution in [2.75, 3.05) is 0 Å². The van der Waals surface area contributed by atoms with Gasteiger partial charge in [0.05, 0.1) is 0 Å². The molecule has 2 aromatic carbocycles. The molecule has 0 atom stereocenters. The summed E-state index contributed by atoms with van der Waals surface area (Å²) in [6.07, 6.45) is 0. The van der Waals surface area contributed by atoms with Gasteiger partial charge in [-0.1, -0.05) is 36.4 Å². The smallest absolute Gasteiger partial charge is 0.161 e. The lowest BCUT2D eigenvalue weighted by atomic mass is 9.99. The molecule has 2 nitrogen and oxygen atoms in total. The quantitative estimate of drug-likeness (QED) is 0.802. The fourth-order valence-electron chi connectivity index (χ4n) is 2.76. The number of hydrogen-bond acceptors (Lipinski definition) is 2. The summed E-state index contributed by atoms with van der Waals surface area (Å²) >= 11 is 0. The third-order valence-electron chi connectivity index (χ3n) is 3.40. The van der Waals surface area contributed by atoms with E-state index in [-0.39, 0.29) is 11.6 Å². The summed E-state index contributed by atoms with van der Waals surface area (Å²) in [4.78, 5) is 23.7. The van der Waals surface area contributed by atoms with Crippen LogP contribution in [0.1, 0.15) is 25.0 Å². The van der Waals surface area contributed by atoms with E-state index in [1.165, 1.54) is 13.8 Å². The first-order valence-electron chi connectivity index (χ1n) is 5.90. The Morgan fingerprint density at radius 3 is 1.61 bits per heavy atom. The highest BCUT2D eigenvalue weighted by molar-refractivity contribution is 6.45. The molecule has 0 fully saturated rings. The van der Waals surface area contributed by atoms with Crippen molar-refractivity contribution >= 4 is 33.5 Å². The Hall–Kier alpha value is -2.22. The van der Waals surface area contributed by atoms with Crippen molar-refractivity contribution in [1.29, 1.82) is 0 Å². The number of carbonyl (C=O) groups is 2. The topological polar surface area (TPSA) is 34.1 Å². The molecule has 2 aromatic rings. The molecule has 0 saturated carbocycles. The van der Waals surface area contributed by atoms with Crippen LogP contribution in [0.25, 0.3) is 21.9 Å². The molecule has 0 aromatic heterocycles. The number of rotatable bonds is 2. The van der Waals surface area contributed by atoms with Gasteiger partial charge in [0.1, 0.15) is 0 Å². The average Bonchev–Trinajstić information content (AvgIpc) is 2.67. The van der Waals surface area contributed by atoms with Gasteiger partial charge in [-0.15, -0.1) is 0 Å². The fourth-order valence-corrected chi connectivity index (χ4v) is 2.76. The van der Waals surface area contributed by atoms with Gasteiger partial charge in [0.25, 0.3) is 0 Å². The highest BCUT2D eigenvalue weighted by atomic mass is 16.1. The maximum atomic E-state index is 11.9. The van der Waals surface area contributed by atoms with Crippen molar-refractivity contribution in [3.8, 4) is 0 Å². The number of Topliss-reactive ketones (excluding diaryl/α,β-unsaturated/α-hetero) is 2. The van der Waals surface area contributed by atoms with Gasteiger partial charge in [0, 0.05) is 11.1 Å². The number of ketones is 2. The zero-order valence-corrected chi connectivity index (χ0v) is 10.3. The van der Waals surface area contributed by atoms with Crippen LogP contribution in [0.3, 0.4) is 0 Å². The molecule has 0 heterocycles. The third kappa shape index (κ3) is 1.29. The number of hydrogen-bond donors (Lipinski definition) is 0. The lowest BCUT2D eigenvalue weighted by Gasteiger charge is -2.02. The van der Waals surface area contributed by atoms with Crippen LogP contribution < -0.4 is 0 Å². The van der Waals surface area contributed by atoms with Gasteiger partial charge in [0.15, 0.2) is 11.6 Å². The van der Waals surface area contributed by atoms with Crippen molar-refractivity contribution in [1.82, 2.24) is 0 Å². The molecule has 0 saturated heterocycles. The molecule has 1 aliphatic rings. The zero-order valence-electron chi connectivity index (χ0n) is 10.3. The first-order valence-corrected chi connectivity index (χ1v) is 5.90. The second-order valence-electron chi connectivity index (χ2n) is 4.57. The van der Waals surface area contributed by atoms with E-state index in [0.717, 1.165) is 21.9 Å². The van der Waals surface area contributed by atoms with Gasteiger partial charge < -0.3 is 0 Å². The van der Waals surface area contributed by atoms with Gasteiger partial charge in [-0.05, 0) is 35.7 Å². The Labute approximate surface area is 105 Å². The molecule has 88 valence electrons. The Bertz CT molecular complexity index is 677. The number of allylic oxidation sites excluding steroid dienone is 2. The predicted molar refractivity (Wildman–Crippen MR) is 72.1 cm³/mol. The molecule has 0 N–H and O–H groups in total. The third-order valence-corrected chi connectivity index (χ3v) is 3.40. The van der Waals surface area contributed by atoms with Gasteiger partial charge in [-0.25, -0.2) is 0 Å². The Morgan fingerprint density at radius 2 is 1.22 bits per heavy atom. The minimum absolute atomic E-state index is 0.0519. The van der Waals surface area contributed by atoms with Crippen LogP contribution in [-0.4, -0.2) is 11.6 Å². The van der Waals surface area contributed by atoms with E-state index in [0.29, 0.717) is 11.1 Å². The molecule has 0 radical (unpaired) electrons. The van der Waals surface area contributed by atoms with Crippen LogP contribution in [0.5, 0.6) is 0 Å².